The first-order valence-electron chi connectivity index (χ1n) is 7.13. The molecular formula is C13H25N5OS. The van der Waals surface area contributed by atoms with Gasteiger partial charge in [0.25, 0.3) is 5.91 Å². The van der Waals surface area contributed by atoms with Crippen LogP contribution in [0.3, 0.4) is 0 Å². The van der Waals surface area contributed by atoms with Gasteiger partial charge in [0.15, 0.2) is 5.13 Å². The van der Waals surface area contributed by atoms with Crippen molar-refractivity contribution in [3.63, 3.8) is 0 Å². The molecule has 0 radical (unpaired) electrons. The molecule has 0 atom stereocenters. The van der Waals surface area contributed by atoms with Crippen LogP contribution in [0.1, 0.15) is 36.9 Å². The van der Waals surface area contributed by atoms with Crippen LogP contribution < -0.4 is 16.4 Å². The molecule has 1 rings (SSSR count). The van der Waals surface area contributed by atoms with E-state index in [9.17, 15) is 4.79 Å². The lowest BCUT2D eigenvalue weighted by atomic mass is 10.3. The van der Waals surface area contributed by atoms with Crippen LogP contribution in [0.4, 0.5) is 10.9 Å². The molecule has 1 amide bonds. The van der Waals surface area contributed by atoms with Gasteiger partial charge in [-0.3, -0.25) is 4.79 Å². The average Bonchev–Trinajstić information content (AvgIpc) is 2.80. The second-order valence-electron chi connectivity index (χ2n) is 4.40. The Kier molecular flexibility index (Phi) is 7.32. The summed E-state index contributed by atoms with van der Waals surface area (Å²) in [6.45, 7) is 10.8. The second-order valence-corrected chi connectivity index (χ2v) is 5.40. The number of rotatable bonds is 9. The summed E-state index contributed by atoms with van der Waals surface area (Å²) in [4.78, 5) is 18.9. The Balaban J connectivity index is 2.39. The average molecular weight is 299 g/mol. The largest absolute Gasteiger partial charge is 0.382 e. The molecule has 0 bridgehead atoms. The van der Waals surface area contributed by atoms with Crippen LogP contribution in [0.15, 0.2) is 0 Å². The first-order chi connectivity index (χ1) is 9.62. The Morgan fingerprint density at radius 1 is 1.35 bits per heavy atom. The van der Waals surface area contributed by atoms with E-state index in [0.29, 0.717) is 22.4 Å². The third-order valence-electron chi connectivity index (χ3n) is 3.02. The van der Waals surface area contributed by atoms with E-state index in [0.717, 1.165) is 32.6 Å². The molecule has 0 unspecified atom stereocenters. The van der Waals surface area contributed by atoms with Crippen molar-refractivity contribution in [1.82, 2.24) is 15.2 Å². The first kappa shape index (κ1) is 16.7. The van der Waals surface area contributed by atoms with Gasteiger partial charge >= 0.3 is 0 Å². The number of carbonyl (C=O) groups excluding carboxylic acids is 1. The molecule has 0 fully saturated rings. The number of thiazole rings is 1. The smallest absolute Gasteiger partial charge is 0.265 e. The number of carbonyl (C=O) groups is 1. The van der Waals surface area contributed by atoms with Gasteiger partial charge < -0.3 is 21.3 Å². The van der Waals surface area contributed by atoms with Gasteiger partial charge in [-0.25, -0.2) is 4.98 Å². The van der Waals surface area contributed by atoms with E-state index in [1.807, 2.05) is 6.92 Å². The van der Waals surface area contributed by atoms with Gasteiger partial charge in [0, 0.05) is 13.1 Å². The van der Waals surface area contributed by atoms with Gasteiger partial charge in [0.05, 0.1) is 0 Å². The highest BCUT2D eigenvalue weighted by atomic mass is 32.1. The van der Waals surface area contributed by atoms with Crippen molar-refractivity contribution in [2.24, 2.45) is 0 Å². The number of aromatic nitrogens is 1. The molecule has 7 heteroatoms. The predicted molar refractivity (Wildman–Crippen MR) is 85.4 cm³/mol. The lowest BCUT2D eigenvalue weighted by Crippen LogP contribution is -2.29. The number of nitrogens with one attached hydrogen (secondary N) is 2. The van der Waals surface area contributed by atoms with Gasteiger partial charge in [-0.15, -0.1) is 0 Å². The molecule has 0 aromatic carbocycles. The Morgan fingerprint density at radius 3 is 2.65 bits per heavy atom. The van der Waals surface area contributed by atoms with Gasteiger partial charge in [-0.1, -0.05) is 25.2 Å². The molecule has 4 N–H and O–H groups in total. The van der Waals surface area contributed by atoms with E-state index in [2.05, 4.69) is 34.4 Å². The minimum Gasteiger partial charge on any atom is -0.382 e. The third-order valence-corrected chi connectivity index (χ3v) is 4.05. The first-order valence-corrected chi connectivity index (χ1v) is 7.94. The minimum absolute atomic E-state index is 0.135. The van der Waals surface area contributed by atoms with Crippen molar-refractivity contribution in [1.29, 1.82) is 0 Å². The van der Waals surface area contributed by atoms with Gasteiger partial charge in [-0.05, 0) is 33.0 Å². The Labute approximate surface area is 124 Å². The molecule has 0 aliphatic heterocycles. The molecule has 0 spiro atoms. The molecule has 0 aliphatic rings. The second kappa shape index (κ2) is 8.76. The summed E-state index contributed by atoms with van der Waals surface area (Å²) in [5, 5.41) is 6.65. The maximum absolute atomic E-state index is 12.0. The molecule has 0 aliphatic carbocycles. The maximum atomic E-state index is 12.0. The van der Waals surface area contributed by atoms with Crippen molar-refractivity contribution in [2.45, 2.75) is 27.2 Å². The van der Waals surface area contributed by atoms with Gasteiger partial charge in [0.2, 0.25) is 0 Å². The number of amides is 1. The molecule has 20 heavy (non-hydrogen) atoms. The van der Waals surface area contributed by atoms with Crippen LogP contribution in [0.2, 0.25) is 0 Å². The summed E-state index contributed by atoms with van der Waals surface area (Å²) in [5.41, 5.74) is 5.76. The van der Waals surface area contributed by atoms with Crippen LogP contribution in [0, 0.1) is 0 Å². The fraction of sp³-hybridized carbons (Fsp3) is 0.692. The van der Waals surface area contributed by atoms with Crippen molar-refractivity contribution in [3.05, 3.63) is 4.88 Å². The van der Waals surface area contributed by atoms with Crippen LogP contribution in [0.5, 0.6) is 0 Å². The summed E-state index contributed by atoms with van der Waals surface area (Å²) < 4.78 is 0. The number of hydrogen-bond donors (Lipinski definition) is 3. The third kappa shape index (κ3) is 4.97. The Morgan fingerprint density at radius 2 is 2.05 bits per heavy atom. The molecular weight excluding hydrogens is 274 g/mol. The Bertz CT molecular complexity index is 417. The molecule has 1 aromatic heterocycles. The van der Waals surface area contributed by atoms with Crippen molar-refractivity contribution < 1.29 is 4.79 Å². The number of anilines is 2. The van der Waals surface area contributed by atoms with Crippen molar-refractivity contribution in [3.8, 4) is 0 Å². The molecule has 6 nitrogen and oxygen atoms in total. The summed E-state index contributed by atoms with van der Waals surface area (Å²) in [6, 6.07) is 0. The predicted octanol–water partition coefficient (Wildman–Crippen LogP) is 1.62. The highest BCUT2D eigenvalue weighted by Crippen LogP contribution is 2.24. The van der Waals surface area contributed by atoms with Gasteiger partial charge in [0.1, 0.15) is 10.7 Å². The van der Waals surface area contributed by atoms with E-state index in [1.165, 1.54) is 11.3 Å². The van der Waals surface area contributed by atoms with Gasteiger partial charge in [-0.2, -0.15) is 0 Å². The molecule has 0 saturated carbocycles. The van der Waals surface area contributed by atoms with Crippen molar-refractivity contribution in [2.75, 3.05) is 43.8 Å². The lowest BCUT2D eigenvalue weighted by molar-refractivity contribution is 0.0956. The van der Waals surface area contributed by atoms with Crippen LogP contribution in [-0.4, -0.2) is 48.5 Å². The quantitative estimate of drug-likeness (QED) is 0.604. The topological polar surface area (TPSA) is 83.3 Å². The standard InChI is InChI=1S/C13H25N5OS/c1-4-15-13-17-11(14)10(20-13)12(19)16-8-7-9-18(5-2)6-3/h4-9,14H2,1-3H3,(H,15,17)(H,16,19). The summed E-state index contributed by atoms with van der Waals surface area (Å²) >= 11 is 1.30. The summed E-state index contributed by atoms with van der Waals surface area (Å²) in [5.74, 6) is 0.163. The van der Waals surface area contributed by atoms with E-state index < -0.39 is 0 Å². The minimum atomic E-state index is -0.135. The summed E-state index contributed by atoms with van der Waals surface area (Å²) in [6.07, 6.45) is 0.937. The highest BCUT2D eigenvalue weighted by Gasteiger charge is 2.15. The molecule has 114 valence electrons. The summed E-state index contributed by atoms with van der Waals surface area (Å²) in [7, 11) is 0. The molecule has 1 aromatic rings. The number of nitrogens with two attached hydrogens (primary N) is 1. The zero-order valence-electron chi connectivity index (χ0n) is 12.5. The number of nitrogen functional groups attached to an aromatic ring is 1. The zero-order valence-corrected chi connectivity index (χ0v) is 13.3. The van der Waals surface area contributed by atoms with Crippen LogP contribution in [0.25, 0.3) is 0 Å². The number of nitrogens with zero attached hydrogens (tertiary/aromatic N) is 2. The van der Waals surface area contributed by atoms with E-state index in [4.69, 9.17) is 5.73 Å². The lowest BCUT2D eigenvalue weighted by Gasteiger charge is -2.17. The fourth-order valence-corrected chi connectivity index (χ4v) is 2.72. The molecule has 0 saturated heterocycles. The van der Waals surface area contributed by atoms with Crippen molar-refractivity contribution >= 4 is 28.2 Å². The zero-order chi connectivity index (χ0) is 15.0. The van der Waals surface area contributed by atoms with Crippen LogP contribution in [-0.2, 0) is 0 Å². The van der Waals surface area contributed by atoms with E-state index in [1.54, 1.807) is 0 Å². The molecule has 1 heterocycles. The normalized spacial score (nSPS) is 10.8. The Hall–Kier alpha value is -1.34. The van der Waals surface area contributed by atoms with E-state index in [-0.39, 0.29) is 5.91 Å². The van der Waals surface area contributed by atoms with Crippen LogP contribution >= 0.6 is 11.3 Å². The highest BCUT2D eigenvalue weighted by molar-refractivity contribution is 7.18. The monoisotopic (exact) mass is 299 g/mol. The number of hydrogen-bond acceptors (Lipinski definition) is 6. The maximum Gasteiger partial charge on any atom is 0.265 e. The SMILES string of the molecule is CCNc1nc(N)c(C(=O)NCCCN(CC)CC)s1. The van der Waals surface area contributed by atoms with E-state index >= 15 is 0 Å². The fourth-order valence-electron chi connectivity index (χ4n) is 1.85.